The molecule has 0 bridgehead atoms. The molecular formula is C11H13BrN4S. The lowest BCUT2D eigenvalue weighted by Gasteiger charge is -2.10. The van der Waals surface area contributed by atoms with Gasteiger partial charge in [-0.15, -0.1) is 11.3 Å². The number of halogens is 1. The molecule has 2 heterocycles. The van der Waals surface area contributed by atoms with E-state index >= 15 is 0 Å². The Balaban J connectivity index is 2.53. The van der Waals surface area contributed by atoms with Gasteiger partial charge in [0.15, 0.2) is 5.82 Å². The number of hydrazine groups is 1. The highest BCUT2D eigenvalue weighted by Crippen LogP contribution is 2.30. The van der Waals surface area contributed by atoms with E-state index < -0.39 is 0 Å². The zero-order chi connectivity index (χ0) is 12.4. The molecule has 17 heavy (non-hydrogen) atoms. The molecular weight excluding hydrogens is 300 g/mol. The molecule has 2 aromatic heterocycles. The predicted molar refractivity (Wildman–Crippen MR) is 75.0 cm³/mol. The molecule has 0 atom stereocenters. The number of hydrogen-bond acceptors (Lipinski definition) is 5. The summed E-state index contributed by atoms with van der Waals surface area (Å²) in [6.07, 6.45) is 0.861. The molecule has 3 N–H and O–H groups in total. The monoisotopic (exact) mass is 312 g/mol. The van der Waals surface area contributed by atoms with Crippen molar-refractivity contribution in [3.8, 4) is 10.7 Å². The Kier molecular flexibility index (Phi) is 3.76. The van der Waals surface area contributed by atoms with Crippen LogP contribution in [-0.2, 0) is 6.42 Å². The van der Waals surface area contributed by atoms with Crippen LogP contribution in [0.1, 0.15) is 18.2 Å². The van der Waals surface area contributed by atoms with Crippen LogP contribution in [0.25, 0.3) is 10.7 Å². The topological polar surface area (TPSA) is 63.8 Å². The van der Waals surface area contributed by atoms with Crippen molar-refractivity contribution < 1.29 is 0 Å². The molecule has 0 spiro atoms. The van der Waals surface area contributed by atoms with Gasteiger partial charge in [-0.2, -0.15) is 0 Å². The van der Waals surface area contributed by atoms with Crippen molar-refractivity contribution in [1.29, 1.82) is 0 Å². The summed E-state index contributed by atoms with van der Waals surface area (Å²) in [5, 5.41) is 0. The van der Waals surface area contributed by atoms with Crippen molar-refractivity contribution in [3.63, 3.8) is 0 Å². The van der Waals surface area contributed by atoms with Gasteiger partial charge in [-0.1, -0.05) is 6.92 Å². The van der Waals surface area contributed by atoms with Gasteiger partial charge in [0, 0.05) is 11.3 Å². The normalized spacial score (nSPS) is 10.6. The van der Waals surface area contributed by atoms with Crippen molar-refractivity contribution >= 4 is 33.1 Å². The standard InChI is InChI=1S/C11H13BrN4S/c1-3-7-6(2)14-11(15-10(7)16-13)8-4-5-9(12)17-8/h4-5H,3,13H2,1-2H3,(H,14,15,16). The zero-order valence-electron chi connectivity index (χ0n) is 9.62. The van der Waals surface area contributed by atoms with Crippen molar-refractivity contribution in [2.24, 2.45) is 5.84 Å². The fourth-order valence-electron chi connectivity index (χ4n) is 1.68. The van der Waals surface area contributed by atoms with Crippen LogP contribution in [-0.4, -0.2) is 9.97 Å². The van der Waals surface area contributed by atoms with Crippen LogP contribution in [0.5, 0.6) is 0 Å². The summed E-state index contributed by atoms with van der Waals surface area (Å²) in [7, 11) is 0. The Morgan fingerprint density at radius 1 is 1.41 bits per heavy atom. The summed E-state index contributed by atoms with van der Waals surface area (Å²) in [5.41, 5.74) is 4.68. The second kappa shape index (κ2) is 5.12. The first-order valence-electron chi connectivity index (χ1n) is 5.25. The summed E-state index contributed by atoms with van der Waals surface area (Å²) in [6.45, 7) is 4.04. The number of aromatic nitrogens is 2. The number of aryl methyl sites for hydroxylation is 1. The number of hydrogen-bond donors (Lipinski definition) is 2. The summed E-state index contributed by atoms with van der Waals surface area (Å²) >= 11 is 5.04. The Labute approximate surface area is 112 Å². The van der Waals surface area contributed by atoms with Crippen LogP contribution >= 0.6 is 27.3 Å². The molecule has 2 rings (SSSR count). The van der Waals surface area contributed by atoms with Crippen molar-refractivity contribution in [2.75, 3.05) is 5.43 Å². The molecule has 0 saturated carbocycles. The van der Waals surface area contributed by atoms with Crippen LogP contribution < -0.4 is 11.3 Å². The number of nitrogens with one attached hydrogen (secondary N) is 1. The van der Waals surface area contributed by atoms with Gasteiger partial charge in [0.25, 0.3) is 0 Å². The van der Waals surface area contributed by atoms with Gasteiger partial charge in [-0.05, 0) is 41.4 Å². The lowest BCUT2D eigenvalue weighted by molar-refractivity contribution is 0.997. The first-order valence-corrected chi connectivity index (χ1v) is 6.86. The van der Waals surface area contributed by atoms with E-state index in [1.54, 1.807) is 11.3 Å². The van der Waals surface area contributed by atoms with Crippen LogP contribution in [0.4, 0.5) is 5.82 Å². The molecule has 0 aromatic carbocycles. The molecule has 0 unspecified atom stereocenters. The van der Waals surface area contributed by atoms with Crippen LogP contribution in [0.2, 0.25) is 0 Å². The Morgan fingerprint density at radius 2 is 2.18 bits per heavy atom. The minimum absolute atomic E-state index is 0.708. The number of nitrogens with two attached hydrogens (primary N) is 1. The second-order valence-electron chi connectivity index (χ2n) is 3.56. The van der Waals surface area contributed by atoms with Gasteiger partial charge in [-0.3, -0.25) is 0 Å². The lowest BCUT2D eigenvalue weighted by atomic mass is 10.1. The van der Waals surface area contributed by atoms with Gasteiger partial charge in [0.1, 0.15) is 5.82 Å². The third-order valence-corrected chi connectivity index (χ3v) is 4.12. The second-order valence-corrected chi connectivity index (χ2v) is 6.02. The first kappa shape index (κ1) is 12.5. The first-order chi connectivity index (χ1) is 8.15. The number of nitrogen functional groups attached to an aromatic ring is 1. The third-order valence-electron chi connectivity index (χ3n) is 2.50. The Hall–Kier alpha value is -0.980. The molecule has 0 aliphatic heterocycles. The minimum atomic E-state index is 0.708. The van der Waals surface area contributed by atoms with Gasteiger partial charge < -0.3 is 5.43 Å². The van der Waals surface area contributed by atoms with E-state index in [0.29, 0.717) is 11.6 Å². The highest BCUT2D eigenvalue weighted by atomic mass is 79.9. The molecule has 0 fully saturated rings. The van der Waals surface area contributed by atoms with Crippen molar-refractivity contribution in [2.45, 2.75) is 20.3 Å². The van der Waals surface area contributed by atoms with Gasteiger partial charge >= 0.3 is 0 Å². The summed E-state index contributed by atoms with van der Waals surface area (Å²) in [4.78, 5) is 9.99. The Morgan fingerprint density at radius 3 is 2.71 bits per heavy atom. The van der Waals surface area contributed by atoms with Gasteiger partial charge in [0.2, 0.25) is 0 Å². The molecule has 6 heteroatoms. The van der Waals surface area contributed by atoms with Crippen LogP contribution in [0.15, 0.2) is 15.9 Å². The largest absolute Gasteiger partial charge is 0.308 e. The molecule has 4 nitrogen and oxygen atoms in total. The smallest absolute Gasteiger partial charge is 0.171 e. The number of rotatable bonds is 3. The lowest BCUT2D eigenvalue weighted by Crippen LogP contribution is -2.13. The maximum atomic E-state index is 5.50. The maximum Gasteiger partial charge on any atom is 0.171 e. The SMILES string of the molecule is CCc1c(C)nc(-c2ccc(Br)s2)nc1NN. The van der Waals surface area contributed by atoms with E-state index in [9.17, 15) is 0 Å². The zero-order valence-corrected chi connectivity index (χ0v) is 12.0. The van der Waals surface area contributed by atoms with Crippen molar-refractivity contribution in [1.82, 2.24) is 9.97 Å². The van der Waals surface area contributed by atoms with Crippen LogP contribution in [0, 0.1) is 6.92 Å². The minimum Gasteiger partial charge on any atom is -0.308 e. The molecule has 90 valence electrons. The van der Waals surface area contributed by atoms with E-state index in [4.69, 9.17) is 5.84 Å². The molecule has 0 amide bonds. The summed E-state index contributed by atoms with van der Waals surface area (Å²) in [6, 6.07) is 3.98. The molecule has 0 aliphatic rings. The van der Waals surface area contributed by atoms with E-state index in [1.165, 1.54) is 0 Å². The highest BCUT2D eigenvalue weighted by molar-refractivity contribution is 9.11. The van der Waals surface area contributed by atoms with E-state index in [0.717, 1.165) is 26.3 Å². The average molecular weight is 313 g/mol. The molecule has 0 saturated heterocycles. The van der Waals surface area contributed by atoms with Crippen LogP contribution in [0.3, 0.4) is 0 Å². The highest BCUT2D eigenvalue weighted by Gasteiger charge is 2.11. The number of anilines is 1. The Bertz CT molecular complexity index is 538. The quantitative estimate of drug-likeness (QED) is 0.675. The van der Waals surface area contributed by atoms with E-state index in [-0.39, 0.29) is 0 Å². The average Bonchev–Trinajstić information content (AvgIpc) is 2.74. The molecule has 0 aliphatic carbocycles. The summed E-state index contributed by atoms with van der Waals surface area (Å²) in [5.74, 6) is 6.92. The number of nitrogens with zero attached hydrogens (tertiary/aromatic N) is 2. The predicted octanol–water partition coefficient (Wildman–Crippen LogP) is 3.12. The van der Waals surface area contributed by atoms with E-state index in [1.807, 2.05) is 19.1 Å². The third kappa shape index (κ3) is 2.48. The maximum absolute atomic E-state index is 5.50. The fourth-order valence-corrected chi connectivity index (χ4v) is 3.00. The fraction of sp³-hybridized carbons (Fsp3) is 0.273. The molecule has 2 aromatic rings. The summed E-state index contributed by atoms with van der Waals surface area (Å²) < 4.78 is 1.07. The number of thiophene rings is 1. The molecule has 0 radical (unpaired) electrons. The van der Waals surface area contributed by atoms with Gasteiger partial charge in [0.05, 0.1) is 8.66 Å². The van der Waals surface area contributed by atoms with Crippen molar-refractivity contribution in [3.05, 3.63) is 27.2 Å². The van der Waals surface area contributed by atoms with E-state index in [2.05, 4.69) is 38.2 Å². The van der Waals surface area contributed by atoms with Gasteiger partial charge in [-0.25, -0.2) is 15.8 Å².